The Bertz CT molecular complexity index is 1960. The van der Waals surface area contributed by atoms with Crippen molar-refractivity contribution in [2.45, 2.75) is 32.9 Å². The second-order valence-corrected chi connectivity index (χ2v) is 12.0. The van der Waals surface area contributed by atoms with Gasteiger partial charge in [0.1, 0.15) is 12.4 Å². The van der Waals surface area contributed by atoms with Crippen LogP contribution >= 0.6 is 27.3 Å². The average molecular weight is 690 g/mol. The molecule has 0 fully saturated rings. The molecule has 232 valence electrons. The van der Waals surface area contributed by atoms with E-state index in [4.69, 9.17) is 18.9 Å². The fourth-order valence-corrected chi connectivity index (χ4v) is 6.78. The number of halogens is 1. The molecule has 1 aliphatic rings. The first-order valence-electron chi connectivity index (χ1n) is 14.3. The molecule has 0 radical (unpaired) electrons. The summed E-state index contributed by atoms with van der Waals surface area (Å²) in [7, 11) is 3.08. The molecule has 0 N–H and O–H groups in total. The highest BCUT2D eigenvalue weighted by Gasteiger charge is 2.35. The van der Waals surface area contributed by atoms with Crippen LogP contribution in [0.25, 0.3) is 6.08 Å². The zero-order valence-corrected chi connectivity index (χ0v) is 27.9. The number of allylic oxidation sites excluding steroid dienone is 2. The van der Waals surface area contributed by atoms with Crippen molar-refractivity contribution < 1.29 is 23.7 Å². The Balaban J connectivity index is 1.62. The van der Waals surface area contributed by atoms with Gasteiger partial charge in [0.2, 0.25) is 0 Å². The van der Waals surface area contributed by atoms with E-state index in [0.717, 1.165) is 22.4 Å². The van der Waals surface area contributed by atoms with E-state index in [1.54, 1.807) is 37.7 Å². The lowest BCUT2D eigenvalue weighted by atomic mass is 9.95. The minimum absolute atomic E-state index is 0.179. The Morgan fingerprint density at radius 1 is 1.07 bits per heavy atom. The van der Waals surface area contributed by atoms with Crippen molar-refractivity contribution in [3.05, 3.63) is 131 Å². The predicted molar refractivity (Wildman–Crippen MR) is 179 cm³/mol. The standard InChI is InChI=1S/C35H33BrN2O6S/c1-6-11-24-16-23(14-15-27(24)44-20-22-12-9-8-10-13-22)17-30-33(39)38-32(25-18-28(41-4)29(42-5)19-26(25)36)31(34(40)43-7-2)21(3)37-35(38)45-30/h6,8-10,12-19,32H,1,7,11,20H2,2-5H3/b30-17+/t32-/m1/s1. The Morgan fingerprint density at radius 2 is 1.80 bits per heavy atom. The Hall–Kier alpha value is -4.41. The van der Waals surface area contributed by atoms with Crippen molar-refractivity contribution in [3.63, 3.8) is 0 Å². The zero-order chi connectivity index (χ0) is 32.1. The lowest BCUT2D eigenvalue weighted by Crippen LogP contribution is -2.40. The van der Waals surface area contributed by atoms with Gasteiger partial charge in [0.05, 0.1) is 42.7 Å². The zero-order valence-electron chi connectivity index (χ0n) is 25.5. The van der Waals surface area contributed by atoms with E-state index in [1.165, 1.54) is 18.4 Å². The van der Waals surface area contributed by atoms with Crippen molar-refractivity contribution in [2.75, 3.05) is 20.8 Å². The van der Waals surface area contributed by atoms with Gasteiger partial charge in [-0.25, -0.2) is 9.79 Å². The molecule has 0 aliphatic carbocycles. The van der Waals surface area contributed by atoms with Crippen LogP contribution in [0.15, 0.2) is 98.8 Å². The molecule has 2 heterocycles. The second kappa shape index (κ2) is 14.1. The summed E-state index contributed by atoms with van der Waals surface area (Å²) in [4.78, 5) is 32.6. The van der Waals surface area contributed by atoms with E-state index in [2.05, 4.69) is 27.5 Å². The van der Waals surface area contributed by atoms with Crippen LogP contribution in [-0.2, 0) is 22.6 Å². The van der Waals surface area contributed by atoms with Crippen molar-refractivity contribution in [2.24, 2.45) is 4.99 Å². The Labute approximate surface area is 273 Å². The van der Waals surface area contributed by atoms with Crippen LogP contribution < -0.4 is 29.1 Å². The van der Waals surface area contributed by atoms with Crippen molar-refractivity contribution in [1.82, 2.24) is 4.57 Å². The van der Waals surface area contributed by atoms with Crippen LogP contribution in [0.2, 0.25) is 0 Å². The number of hydrogen-bond donors (Lipinski definition) is 0. The minimum Gasteiger partial charge on any atom is -0.493 e. The first kappa shape index (κ1) is 32.0. The molecule has 45 heavy (non-hydrogen) atoms. The van der Waals surface area contributed by atoms with Gasteiger partial charge in [0.15, 0.2) is 16.3 Å². The van der Waals surface area contributed by atoms with Crippen LogP contribution in [0.5, 0.6) is 17.2 Å². The number of methoxy groups -OCH3 is 2. The van der Waals surface area contributed by atoms with E-state index in [0.29, 0.717) is 49.6 Å². The molecule has 1 aliphatic heterocycles. The van der Waals surface area contributed by atoms with Gasteiger partial charge in [-0.2, -0.15) is 0 Å². The maximum atomic E-state index is 14.2. The molecule has 10 heteroatoms. The third-order valence-corrected chi connectivity index (χ3v) is 8.97. The van der Waals surface area contributed by atoms with Gasteiger partial charge in [-0.15, -0.1) is 6.58 Å². The number of ether oxygens (including phenoxy) is 4. The average Bonchev–Trinajstić information content (AvgIpc) is 3.34. The topological polar surface area (TPSA) is 88.4 Å². The number of thiazole rings is 1. The predicted octanol–water partition coefficient (Wildman–Crippen LogP) is 5.89. The third kappa shape index (κ3) is 6.67. The number of carbonyl (C=O) groups excluding carboxylic acids is 1. The number of aromatic nitrogens is 1. The number of carbonyl (C=O) groups is 1. The van der Waals surface area contributed by atoms with Gasteiger partial charge in [0.25, 0.3) is 5.56 Å². The summed E-state index contributed by atoms with van der Waals surface area (Å²) in [5, 5.41) is 0. The molecule has 1 atom stereocenters. The SMILES string of the molecule is C=CCc1cc(/C=c2/sc3n(c2=O)[C@H](c2cc(OC)c(OC)cc2Br)C(C(=O)OCC)=C(C)N=3)ccc1OCc1ccccc1. The van der Waals surface area contributed by atoms with Crippen molar-refractivity contribution >= 4 is 39.3 Å². The lowest BCUT2D eigenvalue weighted by molar-refractivity contribution is -0.139. The number of benzene rings is 3. The van der Waals surface area contributed by atoms with Crippen molar-refractivity contribution in [3.8, 4) is 17.2 Å². The molecule has 5 rings (SSSR count). The molecule has 4 aromatic rings. The van der Waals surface area contributed by atoms with E-state index in [1.807, 2.05) is 60.7 Å². The van der Waals surface area contributed by atoms with Gasteiger partial charge in [-0.05, 0) is 72.9 Å². The van der Waals surface area contributed by atoms with Crippen LogP contribution in [0, 0.1) is 0 Å². The highest BCUT2D eigenvalue weighted by molar-refractivity contribution is 9.10. The second-order valence-electron chi connectivity index (χ2n) is 10.2. The third-order valence-electron chi connectivity index (χ3n) is 7.30. The van der Waals surface area contributed by atoms with Gasteiger partial charge in [-0.3, -0.25) is 9.36 Å². The molecule has 3 aromatic carbocycles. The fourth-order valence-electron chi connectivity index (χ4n) is 5.20. The minimum atomic E-state index is -0.818. The highest BCUT2D eigenvalue weighted by Crippen LogP contribution is 2.40. The van der Waals surface area contributed by atoms with E-state index >= 15 is 0 Å². The van der Waals surface area contributed by atoms with Gasteiger partial charge >= 0.3 is 5.97 Å². The molecule has 0 amide bonds. The number of hydrogen-bond acceptors (Lipinski definition) is 8. The Morgan fingerprint density at radius 3 is 2.49 bits per heavy atom. The van der Waals surface area contributed by atoms with Crippen LogP contribution in [-0.4, -0.2) is 31.4 Å². The molecular formula is C35H33BrN2O6S. The number of fused-ring (bicyclic) bond motifs is 1. The highest BCUT2D eigenvalue weighted by atomic mass is 79.9. The molecular weight excluding hydrogens is 656 g/mol. The maximum absolute atomic E-state index is 14.2. The van der Waals surface area contributed by atoms with Gasteiger partial charge < -0.3 is 18.9 Å². The maximum Gasteiger partial charge on any atom is 0.338 e. The summed E-state index contributed by atoms with van der Waals surface area (Å²) in [6.45, 7) is 8.01. The molecule has 0 bridgehead atoms. The number of rotatable bonds is 11. The quantitative estimate of drug-likeness (QED) is 0.144. The summed E-state index contributed by atoms with van der Waals surface area (Å²) >= 11 is 4.90. The molecule has 0 saturated heterocycles. The summed E-state index contributed by atoms with van der Waals surface area (Å²) in [6, 6.07) is 18.5. The summed E-state index contributed by atoms with van der Waals surface area (Å²) in [6.07, 6.45) is 4.26. The molecule has 1 aromatic heterocycles. The van der Waals surface area contributed by atoms with Crippen LogP contribution in [0.4, 0.5) is 0 Å². The molecule has 0 unspecified atom stereocenters. The van der Waals surface area contributed by atoms with Gasteiger partial charge in [-0.1, -0.05) is 69.7 Å². The summed E-state index contributed by atoms with van der Waals surface area (Å²) in [5.41, 5.74) is 3.95. The summed E-state index contributed by atoms with van der Waals surface area (Å²) < 4.78 is 25.2. The number of nitrogens with zero attached hydrogens (tertiary/aromatic N) is 2. The molecule has 8 nitrogen and oxygen atoms in total. The number of esters is 1. The van der Waals surface area contributed by atoms with E-state index in [-0.39, 0.29) is 17.7 Å². The first-order valence-corrected chi connectivity index (χ1v) is 15.9. The fraction of sp³-hybridized carbons (Fsp3) is 0.229. The van der Waals surface area contributed by atoms with Gasteiger partial charge in [0, 0.05) is 4.47 Å². The van der Waals surface area contributed by atoms with Crippen LogP contribution in [0.3, 0.4) is 0 Å². The molecule has 0 saturated carbocycles. The largest absolute Gasteiger partial charge is 0.493 e. The van der Waals surface area contributed by atoms with E-state index in [9.17, 15) is 9.59 Å². The Kier molecular flexibility index (Phi) is 10.0. The van der Waals surface area contributed by atoms with E-state index < -0.39 is 12.0 Å². The smallest absolute Gasteiger partial charge is 0.338 e. The lowest BCUT2D eigenvalue weighted by Gasteiger charge is -2.26. The normalized spacial score (nSPS) is 14.4. The van der Waals surface area contributed by atoms with Crippen LogP contribution in [0.1, 0.15) is 42.1 Å². The molecule has 0 spiro atoms. The van der Waals surface area contributed by atoms with Crippen molar-refractivity contribution in [1.29, 1.82) is 0 Å². The monoisotopic (exact) mass is 688 g/mol. The summed E-state index contributed by atoms with van der Waals surface area (Å²) in [5.74, 6) is 1.18. The first-order chi connectivity index (χ1) is 21.8.